The van der Waals surface area contributed by atoms with Gasteiger partial charge in [0.1, 0.15) is 11.6 Å². The molecule has 0 amide bonds. The molecule has 0 spiro atoms. The van der Waals surface area contributed by atoms with E-state index in [0.717, 1.165) is 36.1 Å². The lowest BCUT2D eigenvalue weighted by Crippen LogP contribution is -2.38. The van der Waals surface area contributed by atoms with Gasteiger partial charge in [0.25, 0.3) is 0 Å². The summed E-state index contributed by atoms with van der Waals surface area (Å²) in [5.41, 5.74) is 5.90. The summed E-state index contributed by atoms with van der Waals surface area (Å²) in [5.74, 6) is 2.30. The number of β-amino-alcohol motifs (C(OH)–C–C–N with tert-alkyl or cyclic N) is 1. The minimum Gasteiger partial charge on any atom is -0.390 e. The SMILES string of the molecule is CCCCSc1nc(N)cc(N2C[C@H](O)[C@@H](N(C)C)C2)n1. The molecule has 1 fully saturated rings. The second-order valence-corrected chi connectivity index (χ2v) is 6.70. The average Bonchev–Trinajstić information content (AvgIpc) is 2.81. The van der Waals surface area contributed by atoms with Gasteiger partial charge in [0.15, 0.2) is 5.16 Å². The zero-order valence-corrected chi connectivity index (χ0v) is 13.8. The normalized spacial score (nSPS) is 22.2. The van der Waals surface area contributed by atoms with Crippen molar-refractivity contribution in [2.75, 3.05) is 43.6 Å². The third-order valence-electron chi connectivity index (χ3n) is 3.69. The first kappa shape index (κ1) is 16.3. The number of aliphatic hydroxyl groups excluding tert-OH is 1. The van der Waals surface area contributed by atoms with Crippen LogP contribution in [-0.4, -0.2) is 65.1 Å². The molecule has 1 saturated heterocycles. The Morgan fingerprint density at radius 3 is 2.81 bits per heavy atom. The Bertz CT molecular complexity index is 471. The van der Waals surface area contributed by atoms with Crippen molar-refractivity contribution in [1.29, 1.82) is 0 Å². The third-order valence-corrected chi connectivity index (χ3v) is 4.62. The molecule has 2 heterocycles. The van der Waals surface area contributed by atoms with Crippen LogP contribution >= 0.6 is 11.8 Å². The molecule has 1 aromatic rings. The van der Waals surface area contributed by atoms with Crippen molar-refractivity contribution >= 4 is 23.4 Å². The number of unbranched alkanes of at least 4 members (excludes halogenated alkanes) is 1. The van der Waals surface area contributed by atoms with Crippen LogP contribution in [0.3, 0.4) is 0 Å². The first-order chi connectivity index (χ1) is 10.0. The molecule has 3 N–H and O–H groups in total. The zero-order chi connectivity index (χ0) is 15.4. The van der Waals surface area contributed by atoms with Gasteiger partial charge in [0, 0.05) is 24.9 Å². The summed E-state index contributed by atoms with van der Waals surface area (Å²) in [6.07, 6.45) is 1.93. The zero-order valence-electron chi connectivity index (χ0n) is 13.0. The summed E-state index contributed by atoms with van der Waals surface area (Å²) in [5, 5.41) is 10.9. The number of rotatable bonds is 6. The smallest absolute Gasteiger partial charge is 0.191 e. The number of nitrogens with two attached hydrogens (primary N) is 1. The maximum Gasteiger partial charge on any atom is 0.191 e. The highest BCUT2D eigenvalue weighted by atomic mass is 32.2. The summed E-state index contributed by atoms with van der Waals surface area (Å²) in [4.78, 5) is 13.0. The van der Waals surface area contributed by atoms with Crippen LogP contribution in [0, 0.1) is 0 Å². The van der Waals surface area contributed by atoms with E-state index in [9.17, 15) is 5.11 Å². The Morgan fingerprint density at radius 2 is 2.19 bits per heavy atom. The maximum atomic E-state index is 10.1. The summed E-state index contributed by atoms with van der Waals surface area (Å²) in [7, 11) is 3.97. The van der Waals surface area contributed by atoms with E-state index in [2.05, 4.69) is 21.8 Å². The van der Waals surface area contributed by atoms with Crippen LogP contribution in [0.25, 0.3) is 0 Å². The molecule has 0 aromatic carbocycles. The molecule has 6 nitrogen and oxygen atoms in total. The quantitative estimate of drug-likeness (QED) is 0.462. The van der Waals surface area contributed by atoms with E-state index in [1.165, 1.54) is 0 Å². The lowest BCUT2D eigenvalue weighted by Gasteiger charge is -2.22. The number of likely N-dealkylation sites (N-methyl/N-ethyl adjacent to an activating group) is 1. The van der Waals surface area contributed by atoms with E-state index in [1.807, 2.05) is 19.0 Å². The Labute approximate surface area is 130 Å². The Kier molecular flexibility index (Phi) is 5.66. The number of aromatic nitrogens is 2. The van der Waals surface area contributed by atoms with Crippen LogP contribution in [-0.2, 0) is 0 Å². The van der Waals surface area contributed by atoms with Gasteiger partial charge in [-0.25, -0.2) is 9.97 Å². The van der Waals surface area contributed by atoms with E-state index in [0.29, 0.717) is 12.4 Å². The second-order valence-electron chi connectivity index (χ2n) is 5.64. The number of thioether (sulfide) groups is 1. The first-order valence-electron chi connectivity index (χ1n) is 7.38. The molecule has 0 unspecified atom stereocenters. The third kappa shape index (κ3) is 4.21. The van der Waals surface area contributed by atoms with E-state index >= 15 is 0 Å². The summed E-state index contributed by atoms with van der Waals surface area (Å²) >= 11 is 1.64. The van der Waals surface area contributed by atoms with Crippen LogP contribution < -0.4 is 10.6 Å². The second kappa shape index (κ2) is 7.29. The molecule has 1 aromatic heterocycles. The Balaban J connectivity index is 2.09. The van der Waals surface area contributed by atoms with E-state index in [1.54, 1.807) is 17.8 Å². The molecule has 21 heavy (non-hydrogen) atoms. The molecule has 2 atom stereocenters. The van der Waals surface area contributed by atoms with Crippen LogP contribution in [0.4, 0.5) is 11.6 Å². The molecule has 0 saturated carbocycles. The highest BCUT2D eigenvalue weighted by Gasteiger charge is 2.33. The molecule has 1 aliphatic rings. The molecule has 118 valence electrons. The fraction of sp³-hybridized carbons (Fsp3) is 0.714. The summed E-state index contributed by atoms with van der Waals surface area (Å²) in [6.45, 7) is 3.50. The van der Waals surface area contributed by atoms with Gasteiger partial charge < -0.3 is 20.6 Å². The largest absolute Gasteiger partial charge is 0.390 e. The van der Waals surface area contributed by atoms with Crippen molar-refractivity contribution in [1.82, 2.24) is 14.9 Å². The van der Waals surface area contributed by atoms with Crippen molar-refractivity contribution < 1.29 is 5.11 Å². The van der Waals surface area contributed by atoms with Crippen molar-refractivity contribution in [3.8, 4) is 0 Å². The van der Waals surface area contributed by atoms with Crippen molar-refractivity contribution in [2.24, 2.45) is 0 Å². The fourth-order valence-electron chi connectivity index (χ4n) is 2.43. The molecule has 7 heteroatoms. The van der Waals surface area contributed by atoms with Crippen LogP contribution in [0.2, 0.25) is 0 Å². The molecule has 1 aliphatic heterocycles. The fourth-order valence-corrected chi connectivity index (χ4v) is 3.37. The maximum absolute atomic E-state index is 10.1. The van der Waals surface area contributed by atoms with E-state index in [-0.39, 0.29) is 12.1 Å². The summed E-state index contributed by atoms with van der Waals surface area (Å²) < 4.78 is 0. The molecule has 0 bridgehead atoms. The van der Waals surface area contributed by atoms with Crippen LogP contribution in [0.5, 0.6) is 0 Å². The van der Waals surface area contributed by atoms with Crippen molar-refractivity contribution in [2.45, 2.75) is 37.1 Å². The van der Waals surface area contributed by atoms with Gasteiger partial charge in [-0.05, 0) is 20.5 Å². The van der Waals surface area contributed by atoms with E-state index in [4.69, 9.17) is 5.73 Å². The van der Waals surface area contributed by atoms with Crippen molar-refractivity contribution in [3.63, 3.8) is 0 Å². The van der Waals surface area contributed by atoms with Crippen LogP contribution in [0.1, 0.15) is 19.8 Å². The Morgan fingerprint density at radius 1 is 1.43 bits per heavy atom. The minimum absolute atomic E-state index is 0.123. The van der Waals surface area contributed by atoms with Gasteiger partial charge in [-0.15, -0.1) is 0 Å². The van der Waals surface area contributed by atoms with Gasteiger partial charge in [-0.2, -0.15) is 0 Å². The molecular formula is C14H25N5OS. The monoisotopic (exact) mass is 311 g/mol. The number of anilines is 2. The lowest BCUT2D eigenvalue weighted by molar-refractivity contribution is 0.114. The van der Waals surface area contributed by atoms with Gasteiger partial charge >= 0.3 is 0 Å². The van der Waals surface area contributed by atoms with Crippen LogP contribution in [0.15, 0.2) is 11.2 Å². The van der Waals surface area contributed by atoms with Gasteiger partial charge in [0.05, 0.1) is 12.1 Å². The summed E-state index contributed by atoms with van der Waals surface area (Å²) in [6, 6.07) is 1.91. The number of nitrogen functional groups attached to an aromatic ring is 1. The predicted molar refractivity (Wildman–Crippen MR) is 87.8 cm³/mol. The van der Waals surface area contributed by atoms with Gasteiger partial charge in [-0.3, -0.25) is 0 Å². The molecule has 2 rings (SSSR count). The molecule has 0 aliphatic carbocycles. The highest BCUT2D eigenvalue weighted by Crippen LogP contribution is 2.25. The molecular weight excluding hydrogens is 286 g/mol. The molecule has 0 radical (unpaired) electrons. The van der Waals surface area contributed by atoms with E-state index < -0.39 is 0 Å². The number of aliphatic hydroxyl groups is 1. The average molecular weight is 311 g/mol. The van der Waals surface area contributed by atoms with Gasteiger partial charge in [0.2, 0.25) is 0 Å². The highest BCUT2D eigenvalue weighted by molar-refractivity contribution is 7.99. The minimum atomic E-state index is -0.368. The topological polar surface area (TPSA) is 78.5 Å². The number of nitrogens with zero attached hydrogens (tertiary/aromatic N) is 4. The van der Waals surface area contributed by atoms with Crippen molar-refractivity contribution in [3.05, 3.63) is 6.07 Å². The Hall–Kier alpha value is -1.05. The first-order valence-corrected chi connectivity index (χ1v) is 8.36. The lowest BCUT2D eigenvalue weighted by atomic mass is 10.2. The van der Waals surface area contributed by atoms with Gasteiger partial charge in [-0.1, -0.05) is 25.1 Å². The predicted octanol–water partition coefficient (Wildman–Crippen LogP) is 1.06. The number of hydrogen-bond acceptors (Lipinski definition) is 7. The number of hydrogen-bond donors (Lipinski definition) is 2. The standard InChI is InChI=1S/C14H25N5OS/c1-4-5-6-21-14-16-12(15)7-13(17-14)19-8-10(18(2)3)11(20)9-19/h7,10-11,20H,4-6,8-9H2,1-3H3,(H2,15,16,17)/t10-,11-/m0/s1.